The van der Waals surface area contributed by atoms with Gasteiger partial charge in [-0.15, -0.1) is 0 Å². The monoisotopic (exact) mass is 452 g/mol. The summed E-state index contributed by atoms with van der Waals surface area (Å²) in [6.45, 7) is -0.134. The number of carbonyl (C=O) groups is 3. The van der Waals surface area contributed by atoms with Crippen molar-refractivity contribution >= 4 is 45.0 Å². The Labute approximate surface area is 175 Å². The van der Waals surface area contributed by atoms with E-state index in [-0.39, 0.29) is 23.6 Å². The highest BCUT2D eigenvalue weighted by molar-refractivity contribution is 9.10. The first-order valence-electron chi connectivity index (χ1n) is 8.71. The number of aromatic carboxylic acids is 1. The maximum absolute atomic E-state index is 12.8. The topological polar surface area (TPSA) is 95.5 Å². The summed E-state index contributed by atoms with van der Waals surface area (Å²) in [6, 6.07) is 20.2. The number of carboxylic acids is 1. The zero-order chi connectivity index (χ0) is 20.8. The summed E-state index contributed by atoms with van der Waals surface area (Å²) in [5.74, 6) is -1.73. The molecule has 0 aliphatic heterocycles. The van der Waals surface area contributed by atoms with Crippen LogP contribution in [-0.4, -0.2) is 29.3 Å². The van der Waals surface area contributed by atoms with E-state index in [1.807, 2.05) is 6.07 Å². The number of benzene rings is 3. The minimum absolute atomic E-state index is 0.00411. The quantitative estimate of drug-likeness (QED) is 0.460. The number of hydrogen-bond acceptors (Lipinski definition) is 4. The predicted octanol–water partition coefficient (Wildman–Crippen LogP) is 4.43. The maximum atomic E-state index is 12.8. The van der Waals surface area contributed by atoms with Gasteiger partial charge < -0.3 is 15.7 Å². The van der Waals surface area contributed by atoms with Crippen LogP contribution in [0, 0.1) is 0 Å². The van der Waals surface area contributed by atoms with Gasteiger partial charge in [-0.3, -0.25) is 9.59 Å². The van der Waals surface area contributed by atoms with Crippen molar-refractivity contribution in [2.75, 3.05) is 17.2 Å². The molecule has 0 radical (unpaired) electrons. The van der Waals surface area contributed by atoms with Gasteiger partial charge in [-0.05, 0) is 30.3 Å². The highest BCUT2D eigenvalue weighted by Gasteiger charge is 2.16. The number of nitrogens with one attached hydrogen (secondary N) is 2. The number of rotatable bonds is 7. The molecular formula is C22H17BrN2O4. The highest BCUT2D eigenvalue weighted by Crippen LogP contribution is 2.24. The van der Waals surface area contributed by atoms with E-state index >= 15 is 0 Å². The number of carboxylic acid groups (broad SMARTS) is 1. The number of para-hydroxylation sites is 1. The van der Waals surface area contributed by atoms with Gasteiger partial charge in [-0.1, -0.05) is 58.4 Å². The predicted molar refractivity (Wildman–Crippen MR) is 115 cm³/mol. The summed E-state index contributed by atoms with van der Waals surface area (Å²) in [4.78, 5) is 36.4. The third-order valence-corrected chi connectivity index (χ3v) is 4.63. The molecule has 0 unspecified atom stereocenters. The molecule has 3 N–H and O–H groups in total. The van der Waals surface area contributed by atoms with Gasteiger partial charge >= 0.3 is 5.97 Å². The van der Waals surface area contributed by atoms with Crippen molar-refractivity contribution in [2.45, 2.75) is 0 Å². The fourth-order valence-electron chi connectivity index (χ4n) is 2.75. The summed E-state index contributed by atoms with van der Waals surface area (Å²) in [5, 5.41) is 14.7. The summed E-state index contributed by atoms with van der Waals surface area (Å²) in [6.07, 6.45) is 0. The fourth-order valence-corrected chi connectivity index (χ4v) is 3.11. The molecule has 0 saturated heterocycles. The van der Waals surface area contributed by atoms with Crippen molar-refractivity contribution in [2.24, 2.45) is 0 Å². The van der Waals surface area contributed by atoms with Crippen LogP contribution in [0.15, 0.2) is 77.3 Å². The third-order valence-electron chi connectivity index (χ3n) is 4.13. The average Bonchev–Trinajstić information content (AvgIpc) is 2.73. The molecule has 3 aromatic carbocycles. The molecule has 0 fully saturated rings. The van der Waals surface area contributed by atoms with E-state index < -0.39 is 11.9 Å². The van der Waals surface area contributed by atoms with Gasteiger partial charge in [0.25, 0.3) is 0 Å². The molecule has 0 aliphatic rings. The Balaban J connectivity index is 1.75. The molecule has 0 spiro atoms. The van der Waals surface area contributed by atoms with E-state index in [1.165, 1.54) is 12.1 Å². The lowest BCUT2D eigenvalue weighted by Gasteiger charge is -2.13. The average molecular weight is 453 g/mol. The molecule has 3 rings (SSSR count). The first-order chi connectivity index (χ1) is 14.0. The van der Waals surface area contributed by atoms with Gasteiger partial charge in [0.15, 0.2) is 5.78 Å². The van der Waals surface area contributed by atoms with Crippen LogP contribution in [-0.2, 0) is 4.79 Å². The van der Waals surface area contributed by atoms with Crippen LogP contribution in [0.25, 0.3) is 0 Å². The number of amides is 1. The summed E-state index contributed by atoms with van der Waals surface area (Å²) < 4.78 is 0.738. The Hall–Kier alpha value is -3.45. The third kappa shape index (κ3) is 5.08. The van der Waals surface area contributed by atoms with E-state index in [2.05, 4.69) is 26.6 Å². The summed E-state index contributed by atoms with van der Waals surface area (Å²) >= 11 is 3.37. The molecule has 0 aliphatic carbocycles. The molecular weight excluding hydrogens is 436 g/mol. The molecule has 0 heterocycles. The number of ketones is 1. The van der Waals surface area contributed by atoms with E-state index in [9.17, 15) is 19.5 Å². The zero-order valence-corrected chi connectivity index (χ0v) is 16.8. The Bertz CT molecular complexity index is 1070. The van der Waals surface area contributed by atoms with Gasteiger partial charge in [0.2, 0.25) is 5.91 Å². The lowest BCUT2D eigenvalue weighted by atomic mass is 10.0. The van der Waals surface area contributed by atoms with Crippen LogP contribution in [0.1, 0.15) is 26.3 Å². The lowest BCUT2D eigenvalue weighted by Crippen LogP contribution is -2.23. The normalized spacial score (nSPS) is 10.2. The molecule has 0 bridgehead atoms. The molecule has 146 valence electrons. The number of anilines is 2. The second-order valence-electron chi connectivity index (χ2n) is 6.14. The van der Waals surface area contributed by atoms with E-state index in [4.69, 9.17) is 0 Å². The molecule has 3 aromatic rings. The van der Waals surface area contributed by atoms with Gasteiger partial charge in [0.1, 0.15) is 0 Å². The molecule has 0 aromatic heterocycles. The molecule has 29 heavy (non-hydrogen) atoms. The highest BCUT2D eigenvalue weighted by atomic mass is 79.9. The lowest BCUT2D eigenvalue weighted by molar-refractivity contribution is -0.114. The van der Waals surface area contributed by atoms with Crippen molar-refractivity contribution in [1.29, 1.82) is 0 Å². The smallest absolute Gasteiger partial charge is 0.337 e. The van der Waals surface area contributed by atoms with Crippen molar-refractivity contribution in [1.82, 2.24) is 0 Å². The molecule has 7 heteroatoms. The largest absolute Gasteiger partial charge is 0.478 e. The van der Waals surface area contributed by atoms with Crippen LogP contribution in [0.4, 0.5) is 11.4 Å². The molecule has 6 nitrogen and oxygen atoms in total. The van der Waals surface area contributed by atoms with Gasteiger partial charge in [-0.2, -0.15) is 0 Å². The van der Waals surface area contributed by atoms with Crippen LogP contribution < -0.4 is 10.6 Å². The zero-order valence-electron chi connectivity index (χ0n) is 15.2. The number of hydrogen-bond donors (Lipinski definition) is 3. The second kappa shape index (κ2) is 9.16. The molecule has 0 atom stereocenters. The van der Waals surface area contributed by atoms with E-state index in [0.717, 1.165) is 4.47 Å². The van der Waals surface area contributed by atoms with Gasteiger partial charge in [0.05, 0.1) is 17.8 Å². The second-order valence-corrected chi connectivity index (χ2v) is 7.05. The van der Waals surface area contributed by atoms with Crippen LogP contribution in [0.2, 0.25) is 0 Å². The van der Waals surface area contributed by atoms with Crippen molar-refractivity contribution in [3.63, 3.8) is 0 Å². The minimum Gasteiger partial charge on any atom is -0.478 e. The van der Waals surface area contributed by atoms with Crippen molar-refractivity contribution < 1.29 is 19.5 Å². The Morgan fingerprint density at radius 2 is 1.52 bits per heavy atom. The van der Waals surface area contributed by atoms with Crippen LogP contribution >= 0.6 is 15.9 Å². The standard InChI is InChI=1S/C22H17BrN2O4/c23-15-10-11-18(17(12-15)21(27)14-6-2-1-3-7-14)24-13-20(26)25-19-9-5-4-8-16(19)22(28)29/h1-12,24H,13H2,(H,25,26)(H,28,29). The Kier molecular flexibility index (Phi) is 6.41. The Morgan fingerprint density at radius 1 is 0.828 bits per heavy atom. The van der Waals surface area contributed by atoms with Gasteiger partial charge in [-0.25, -0.2) is 4.79 Å². The molecule has 1 amide bonds. The fraction of sp³-hybridized carbons (Fsp3) is 0.0455. The van der Waals surface area contributed by atoms with Gasteiger partial charge in [0, 0.05) is 21.3 Å². The van der Waals surface area contributed by atoms with E-state index in [1.54, 1.807) is 54.6 Å². The van der Waals surface area contributed by atoms with Crippen LogP contribution in [0.3, 0.4) is 0 Å². The first kappa shape index (κ1) is 20.3. The molecule has 0 saturated carbocycles. The summed E-state index contributed by atoms with van der Waals surface area (Å²) in [7, 11) is 0. The first-order valence-corrected chi connectivity index (χ1v) is 9.50. The number of halogens is 1. The SMILES string of the molecule is O=C(CNc1ccc(Br)cc1C(=O)c1ccccc1)Nc1ccccc1C(=O)O. The van der Waals surface area contributed by atoms with Crippen LogP contribution in [0.5, 0.6) is 0 Å². The summed E-state index contributed by atoms with van der Waals surface area (Å²) in [5.41, 5.74) is 1.68. The van der Waals surface area contributed by atoms with E-state index in [0.29, 0.717) is 16.8 Å². The maximum Gasteiger partial charge on any atom is 0.337 e. The van der Waals surface area contributed by atoms with Crippen molar-refractivity contribution in [3.05, 3.63) is 94.0 Å². The Morgan fingerprint density at radius 3 is 2.24 bits per heavy atom. The minimum atomic E-state index is -1.13. The van der Waals surface area contributed by atoms with Crippen molar-refractivity contribution in [3.8, 4) is 0 Å². The number of carbonyl (C=O) groups excluding carboxylic acids is 2.